The van der Waals surface area contributed by atoms with Gasteiger partial charge in [-0.3, -0.25) is 0 Å². The first-order valence-corrected chi connectivity index (χ1v) is 14.2. The molecular formula is C35H36O6. The summed E-state index contributed by atoms with van der Waals surface area (Å²) in [5.74, 6) is 0.654. The first-order chi connectivity index (χ1) is 20.1. The van der Waals surface area contributed by atoms with Gasteiger partial charge in [0.25, 0.3) is 0 Å². The van der Waals surface area contributed by atoms with Gasteiger partial charge >= 0.3 is 5.97 Å². The fourth-order valence-corrected chi connectivity index (χ4v) is 5.56. The lowest BCUT2D eigenvalue weighted by atomic mass is 9.68. The fourth-order valence-electron chi connectivity index (χ4n) is 5.56. The first kappa shape index (κ1) is 28.4. The molecule has 41 heavy (non-hydrogen) atoms. The number of carboxylic acids is 1. The van der Waals surface area contributed by atoms with Crippen LogP contribution in [0.5, 0.6) is 11.5 Å². The van der Waals surface area contributed by atoms with Crippen LogP contribution in [0.2, 0.25) is 0 Å². The highest BCUT2D eigenvalue weighted by molar-refractivity contribution is 5.86. The van der Waals surface area contributed by atoms with Crippen LogP contribution >= 0.6 is 0 Å². The summed E-state index contributed by atoms with van der Waals surface area (Å²) in [5.41, 5.74) is 6.87. The van der Waals surface area contributed by atoms with Crippen LogP contribution < -0.4 is 9.47 Å². The molecule has 5 rings (SSSR count). The molecule has 4 aromatic carbocycles. The third-order valence-electron chi connectivity index (χ3n) is 7.39. The normalized spacial score (nSPS) is 12.9. The Morgan fingerprint density at radius 1 is 0.634 bits per heavy atom. The topological polar surface area (TPSA) is 74.2 Å². The molecule has 1 aliphatic carbocycles. The number of rotatable bonds is 15. The average molecular weight is 553 g/mol. The second-order valence-electron chi connectivity index (χ2n) is 10.00. The molecule has 1 N–H and O–H groups in total. The number of fused-ring (bicyclic) bond motifs is 3. The number of ether oxygens (including phenoxy) is 4. The Kier molecular flexibility index (Phi) is 9.34. The minimum atomic E-state index is -0.989. The molecule has 0 spiro atoms. The van der Waals surface area contributed by atoms with Crippen molar-refractivity contribution >= 4 is 5.97 Å². The minimum absolute atomic E-state index is 0.234. The van der Waals surface area contributed by atoms with E-state index in [1.807, 2.05) is 12.1 Å². The molecule has 0 bridgehead atoms. The summed E-state index contributed by atoms with van der Waals surface area (Å²) in [6.07, 6.45) is 2.14. The van der Waals surface area contributed by atoms with Crippen molar-refractivity contribution in [1.29, 1.82) is 0 Å². The summed E-state index contributed by atoms with van der Waals surface area (Å²) in [7, 11) is 0. The number of carboxylic acid groups (broad SMARTS) is 1. The van der Waals surface area contributed by atoms with Gasteiger partial charge in [-0.25, -0.2) is 4.79 Å². The SMILES string of the molecule is CCCCOc1ccc(C2(c3ccc(OCCOCCOCC(=O)O)cc3)c3ccccc3-c3ccccc32)cc1. The third-order valence-corrected chi connectivity index (χ3v) is 7.39. The maximum absolute atomic E-state index is 10.5. The molecule has 212 valence electrons. The number of carbonyl (C=O) groups is 1. The maximum Gasteiger partial charge on any atom is 0.329 e. The second kappa shape index (κ2) is 13.5. The fraction of sp³-hybridized carbons (Fsp3) is 0.286. The van der Waals surface area contributed by atoms with Gasteiger partial charge in [-0.2, -0.15) is 0 Å². The largest absolute Gasteiger partial charge is 0.494 e. The molecule has 0 saturated heterocycles. The Labute approximate surface area is 241 Å². The van der Waals surface area contributed by atoms with Crippen molar-refractivity contribution in [2.75, 3.05) is 39.6 Å². The quantitative estimate of drug-likeness (QED) is 0.145. The van der Waals surface area contributed by atoms with E-state index in [1.165, 1.54) is 27.8 Å². The molecule has 6 nitrogen and oxygen atoms in total. The first-order valence-electron chi connectivity index (χ1n) is 14.2. The lowest BCUT2D eigenvalue weighted by Crippen LogP contribution is -2.28. The minimum Gasteiger partial charge on any atom is -0.494 e. The summed E-state index contributed by atoms with van der Waals surface area (Å²) in [4.78, 5) is 10.5. The Balaban J connectivity index is 1.40. The Hall–Kier alpha value is -4.13. The van der Waals surface area contributed by atoms with Crippen LogP contribution in [0.1, 0.15) is 42.0 Å². The molecule has 0 amide bonds. The van der Waals surface area contributed by atoms with Crippen molar-refractivity contribution in [3.8, 4) is 22.6 Å². The zero-order chi connectivity index (χ0) is 28.5. The van der Waals surface area contributed by atoms with Gasteiger partial charge < -0.3 is 24.1 Å². The van der Waals surface area contributed by atoms with E-state index in [0.29, 0.717) is 19.8 Å². The Bertz CT molecular complexity index is 1380. The highest BCUT2D eigenvalue weighted by Crippen LogP contribution is 2.56. The van der Waals surface area contributed by atoms with Crippen LogP contribution in [0.15, 0.2) is 97.1 Å². The summed E-state index contributed by atoms with van der Waals surface area (Å²) < 4.78 is 22.4. The summed E-state index contributed by atoms with van der Waals surface area (Å²) >= 11 is 0. The Morgan fingerprint density at radius 2 is 1.12 bits per heavy atom. The third kappa shape index (κ3) is 6.14. The van der Waals surface area contributed by atoms with Crippen LogP contribution in [0.25, 0.3) is 11.1 Å². The van der Waals surface area contributed by atoms with Crippen LogP contribution in [-0.4, -0.2) is 50.7 Å². The van der Waals surface area contributed by atoms with Gasteiger partial charge in [0.2, 0.25) is 0 Å². The number of unbranched alkanes of at least 4 members (excludes halogenated alkanes) is 1. The van der Waals surface area contributed by atoms with Crippen molar-refractivity contribution in [3.05, 3.63) is 119 Å². The number of benzene rings is 4. The van der Waals surface area contributed by atoms with Crippen molar-refractivity contribution in [3.63, 3.8) is 0 Å². The summed E-state index contributed by atoms with van der Waals surface area (Å²) in [5, 5.41) is 8.60. The molecule has 1 aliphatic rings. The molecule has 0 unspecified atom stereocenters. The van der Waals surface area contributed by atoms with Gasteiger partial charge in [0.05, 0.1) is 31.8 Å². The molecule has 6 heteroatoms. The number of aliphatic carboxylic acids is 1. The van der Waals surface area contributed by atoms with Crippen molar-refractivity contribution in [1.82, 2.24) is 0 Å². The molecule has 0 aliphatic heterocycles. The van der Waals surface area contributed by atoms with Gasteiger partial charge in [0, 0.05) is 0 Å². The predicted octanol–water partition coefficient (Wildman–Crippen LogP) is 6.73. The van der Waals surface area contributed by atoms with Crippen LogP contribution in [-0.2, 0) is 19.7 Å². The van der Waals surface area contributed by atoms with E-state index >= 15 is 0 Å². The molecule has 0 radical (unpaired) electrons. The Morgan fingerprint density at radius 3 is 1.66 bits per heavy atom. The molecule has 0 fully saturated rings. The van der Waals surface area contributed by atoms with E-state index < -0.39 is 11.4 Å². The highest BCUT2D eigenvalue weighted by Gasteiger charge is 2.45. The van der Waals surface area contributed by atoms with Gasteiger partial charge in [-0.15, -0.1) is 0 Å². The van der Waals surface area contributed by atoms with Gasteiger partial charge in [-0.1, -0.05) is 86.1 Å². The van der Waals surface area contributed by atoms with E-state index in [1.54, 1.807) is 0 Å². The van der Waals surface area contributed by atoms with E-state index in [4.69, 9.17) is 24.1 Å². The van der Waals surface area contributed by atoms with Crippen LogP contribution in [0, 0.1) is 0 Å². The molecular weight excluding hydrogens is 516 g/mol. The zero-order valence-electron chi connectivity index (χ0n) is 23.4. The maximum atomic E-state index is 10.5. The molecule has 4 aromatic rings. The average Bonchev–Trinajstić information content (AvgIpc) is 3.30. The van der Waals surface area contributed by atoms with Gasteiger partial charge in [-0.05, 0) is 64.1 Å². The van der Waals surface area contributed by atoms with Crippen LogP contribution in [0.3, 0.4) is 0 Å². The van der Waals surface area contributed by atoms with E-state index in [2.05, 4.69) is 91.9 Å². The lowest BCUT2D eigenvalue weighted by Gasteiger charge is -2.34. The predicted molar refractivity (Wildman–Crippen MR) is 159 cm³/mol. The van der Waals surface area contributed by atoms with Crippen molar-refractivity contribution in [2.45, 2.75) is 25.2 Å². The molecule has 0 heterocycles. The summed E-state index contributed by atoms with van der Waals surface area (Å²) in [6, 6.07) is 34.2. The standard InChI is InChI=1S/C35H36O6/c1-2-3-20-40-28-16-12-26(13-17-28)35(32-10-6-4-8-30(32)31-9-5-7-11-33(31)35)27-14-18-29(19-15-27)41-24-23-38-21-22-39-25-34(36)37/h4-19H,2-3,20-25H2,1H3,(H,36,37). The molecule has 0 atom stereocenters. The monoisotopic (exact) mass is 552 g/mol. The van der Waals surface area contributed by atoms with E-state index in [-0.39, 0.29) is 13.2 Å². The lowest BCUT2D eigenvalue weighted by molar-refractivity contribution is -0.142. The van der Waals surface area contributed by atoms with Gasteiger partial charge in [0.1, 0.15) is 24.7 Å². The van der Waals surface area contributed by atoms with E-state index in [0.717, 1.165) is 36.5 Å². The molecule has 0 aromatic heterocycles. The van der Waals surface area contributed by atoms with Crippen molar-refractivity contribution < 1.29 is 28.8 Å². The smallest absolute Gasteiger partial charge is 0.329 e. The van der Waals surface area contributed by atoms with Gasteiger partial charge in [0.15, 0.2) is 0 Å². The zero-order valence-corrected chi connectivity index (χ0v) is 23.4. The second-order valence-corrected chi connectivity index (χ2v) is 10.00. The van der Waals surface area contributed by atoms with E-state index in [9.17, 15) is 4.79 Å². The highest BCUT2D eigenvalue weighted by atomic mass is 16.5. The van der Waals surface area contributed by atoms with Crippen LogP contribution in [0.4, 0.5) is 0 Å². The molecule has 0 saturated carbocycles. The summed E-state index contributed by atoms with van der Waals surface area (Å²) in [6.45, 7) is 3.89. The van der Waals surface area contributed by atoms with Crippen molar-refractivity contribution in [2.24, 2.45) is 0 Å². The number of hydrogen-bond acceptors (Lipinski definition) is 5. The number of hydrogen-bond donors (Lipinski definition) is 1.